The third kappa shape index (κ3) is 1.89. The monoisotopic (exact) mass is 234 g/mol. The Hall–Kier alpha value is -1.89. The fourth-order valence-corrected chi connectivity index (χ4v) is 1.94. The molecule has 0 spiro atoms. The molecule has 0 aromatic carbocycles. The molecule has 2 heterocycles. The number of anilines is 1. The largest absolute Gasteiger partial charge is 0.364 e. The van der Waals surface area contributed by atoms with Crippen molar-refractivity contribution in [1.29, 1.82) is 0 Å². The van der Waals surface area contributed by atoms with Crippen molar-refractivity contribution in [2.75, 3.05) is 11.9 Å². The molecule has 90 valence electrons. The number of nitrogens with one attached hydrogen (secondary N) is 2. The van der Waals surface area contributed by atoms with E-state index >= 15 is 0 Å². The first kappa shape index (κ1) is 10.3. The zero-order valence-corrected chi connectivity index (χ0v) is 9.26. The summed E-state index contributed by atoms with van der Waals surface area (Å²) >= 11 is 0. The van der Waals surface area contributed by atoms with Crippen LogP contribution in [0.4, 0.5) is 5.82 Å². The van der Waals surface area contributed by atoms with Crippen LogP contribution in [-0.4, -0.2) is 32.4 Å². The standard InChI is InChI=1S/C10H14N6O/c11-5-7(6-1-2-6)12-8-3-4-9-13-14-10(17)16(9)15-8/h3-4,6-7H,1-2,5,11H2,(H,12,15)(H,14,17). The first-order valence-corrected chi connectivity index (χ1v) is 5.69. The smallest absolute Gasteiger partial charge is 0.364 e. The average molecular weight is 234 g/mol. The van der Waals surface area contributed by atoms with Gasteiger partial charge in [-0.05, 0) is 30.9 Å². The van der Waals surface area contributed by atoms with Gasteiger partial charge in [0.25, 0.3) is 0 Å². The summed E-state index contributed by atoms with van der Waals surface area (Å²) in [6.45, 7) is 0.574. The Morgan fingerprint density at radius 3 is 3.12 bits per heavy atom. The van der Waals surface area contributed by atoms with Gasteiger partial charge in [-0.2, -0.15) is 9.61 Å². The average Bonchev–Trinajstić information content (AvgIpc) is 3.12. The lowest BCUT2D eigenvalue weighted by Crippen LogP contribution is -2.31. The van der Waals surface area contributed by atoms with Crippen molar-refractivity contribution in [3.8, 4) is 0 Å². The van der Waals surface area contributed by atoms with Crippen molar-refractivity contribution in [2.45, 2.75) is 18.9 Å². The van der Waals surface area contributed by atoms with E-state index in [-0.39, 0.29) is 11.7 Å². The number of hydrogen-bond acceptors (Lipinski definition) is 5. The molecule has 1 aliphatic rings. The van der Waals surface area contributed by atoms with Crippen molar-refractivity contribution in [1.82, 2.24) is 19.8 Å². The lowest BCUT2D eigenvalue weighted by atomic mass is 10.2. The Morgan fingerprint density at radius 1 is 1.59 bits per heavy atom. The number of H-pyrrole nitrogens is 1. The molecule has 1 atom stereocenters. The summed E-state index contributed by atoms with van der Waals surface area (Å²) in [5.41, 5.74) is 5.88. The summed E-state index contributed by atoms with van der Waals surface area (Å²) in [6.07, 6.45) is 2.42. The number of aromatic nitrogens is 4. The third-order valence-corrected chi connectivity index (χ3v) is 3.05. The fourth-order valence-electron chi connectivity index (χ4n) is 1.94. The number of nitrogens with zero attached hydrogens (tertiary/aromatic N) is 3. The molecule has 0 bridgehead atoms. The SMILES string of the molecule is NCC(Nc1ccc2n[nH]c(=O)n2n1)C1CC1. The minimum absolute atomic E-state index is 0.238. The molecule has 1 saturated carbocycles. The van der Waals surface area contributed by atoms with Crippen LogP contribution in [0, 0.1) is 5.92 Å². The van der Waals surface area contributed by atoms with Crippen LogP contribution in [0.3, 0.4) is 0 Å². The molecular weight excluding hydrogens is 220 g/mol. The number of hydrogen-bond donors (Lipinski definition) is 3. The van der Waals surface area contributed by atoms with Gasteiger partial charge in [0.05, 0.1) is 0 Å². The van der Waals surface area contributed by atoms with Gasteiger partial charge in [0.15, 0.2) is 5.65 Å². The fraction of sp³-hybridized carbons (Fsp3) is 0.500. The highest BCUT2D eigenvalue weighted by Crippen LogP contribution is 2.33. The van der Waals surface area contributed by atoms with E-state index in [1.54, 1.807) is 12.1 Å². The molecule has 4 N–H and O–H groups in total. The second-order valence-electron chi connectivity index (χ2n) is 4.34. The molecule has 1 aliphatic carbocycles. The van der Waals surface area contributed by atoms with E-state index in [2.05, 4.69) is 20.6 Å². The van der Waals surface area contributed by atoms with Crippen LogP contribution < -0.4 is 16.7 Å². The number of rotatable bonds is 4. The van der Waals surface area contributed by atoms with E-state index in [1.807, 2.05) is 0 Å². The molecule has 0 radical (unpaired) electrons. The zero-order valence-electron chi connectivity index (χ0n) is 9.26. The normalized spacial score (nSPS) is 17.2. The van der Waals surface area contributed by atoms with Crippen LogP contribution in [0.1, 0.15) is 12.8 Å². The van der Waals surface area contributed by atoms with E-state index in [0.717, 1.165) is 0 Å². The molecule has 0 aliphatic heterocycles. The van der Waals surface area contributed by atoms with Gasteiger partial charge in [-0.1, -0.05) is 0 Å². The van der Waals surface area contributed by atoms with Crippen molar-refractivity contribution in [3.63, 3.8) is 0 Å². The van der Waals surface area contributed by atoms with Crippen LogP contribution in [0.5, 0.6) is 0 Å². The molecule has 7 nitrogen and oxygen atoms in total. The Morgan fingerprint density at radius 2 is 2.41 bits per heavy atom. The Bertz CT molecular complexity index is 584. The second kappa shape index (κ2) is 3.85. The van der Waals surface area contributed by atoms with Gasteiger partial charge in [-0.25, -0.2) is 9.89 Å². The quantitative estimate of drug-likeness (QED) is 0.666. The minimum Gasteiger partial charge on any atom is -0.364 e. The minimum atomic E-state index is -0.334. The lowest BCUT2D eigenvalue weighted by molar-refractivity contribution is 0.639. The summed E-state index contributed by atoms with van der Waals surface area (Å²) in [6, 6.07) is 3.79. The van der Waals surface area contributed by atoms with Crippen molar-refractivity contribution < 1.29 is 0 Å². The second-order valence-corrected chi connectivity index (χ2v) is 4.34. The summed E-state index contributed by atoms with van der Waals surface area (Å²) in [7, 11) is 0. The van der Waals surface area contributed by atoms with Crippen LogP contribution in [0.25, 0.3) is 5.65 Å². The maximum Gasteiger partial charge on any atom is 0.364 e. The van der Waals surface area contributed by atoms with E-state index < -0.39 is 0 Å². The number of aromatic amines is 1. The van der Waals surface area contributed by atoms with E-state index in [0.29, 0.717) is 23.9 Å². The Kier molecular flexibility index (Phi) is 2.32. The molecular formula is C10H14N6O. The van der Waals surface area contributed by atoms with Crippen LogP contribution in [0.15, 0.2) is 16.9 Å². The van der Waals surface area contributed by atoms with E-state index in [4.69, 9.17) is 5.73 Å². The molecule has 2 aromatic heterocycles. The molecule has 2 aromatic rings. The topological polar surface area (TPSA) is 101 Å². The predicted octanol–water partition coefficient (Wildman–Crippen LogP) is -0.433. The maximum absolute atomic E-state index is 11.4. The van der Waals surface area contributed by atoms with Crippen LogP contribution in [-0.2, 0) is 0 Å². The predicted molar refractivity (Wildman–Crippen MR) is 62.8 cm³/mol. The highest BCUT2D eigenvalue weighted by atomic mass is 16.2. The molecule has 7 heteroatoms. The van der Waals surface area contributed by atoms with Crippen molar-refractivity contribution in [3.05, 3.63) is 22.6 Å². The zero-order chi connectivity index (χ0) is 11.8. The Balaban J connectivity index is 1.89. The van der Waals surface area contributed by atoms with Crippen LogP contribution in [0.2, 0.25) is 0 Å². The lowest BCUT2D eigenvalue weighted by Gasteiger charge is -2.16. The maximum atomic E-state index is 11.4. The van der Waals surface area contributed by atoms with Gasteiger partial charge in [-0.15, -0.1) is 5.10 Å². The third-order valence-electron chi connectivity index (χ3n) is 3.05. The molecule has 0 saturated heterocycles. The first-order chi connectivity index (χ1) is 8.28. The van der Waals surface area contributed by atoms with Gasteiger partial charge >= 0.3 is 5.69 Å². The molecule has 1 fully saturated rings. The molecule has 1 unspecified atom stereocenters. The van der Waals surface area contributed by atoms with Crippen LogP contribution >= 0.6 is 0 Å². The molecule has 17 heavy (non-hydrogen) atoms. The highest BCUT2D eigenvalue weighted by molar-refractivity contribution is 5.43. The van der Waals surface area contributed by atoms with Gasteiger partial charge in [0.1, 0.15) is 5.82 Å². The van der Waals surface area contributed by atoms with Crippen molar-refractivity contribution in [2.24, 2.45) is 11.7 Å². The van der Waals surface area contributed by atoms with Gasteiger partial charge < -0.3 is 11.1 Å². The Labute approximate surface area is 97.0 Å². The number of fused-ring (bicyclic) bond motifs is 1. The molecule has 3 rings (SSSR count). The van der Waals surface area contributed by atoms with Gasteiger partial charge in [-0.3, -0.25) is 0 Å². The summed E-state index contributed by atoms with van der Waals surface area (Å²) in [4.78, 5) is 11.4. The first-order valence-electron chi connectivity index (χ1n) is 5.69. The van der Waals surface area contributed by atoms with E-state index in [9.17, 15) is 4.79 Å². The van der Waals surface area contributed by atoms with E-state index in [1.165, 1.54) is 17.4 Å². The van der Waals surface area contributed by atoms with Gasteiger partial charge in [0.2, 0.25) is 0 Å². The summed E-state index contributed by atoms with van der Waals surface area (Å²) < 4.78 is 1.24. The highest BCUT2D eigenvalue weighted by Gasteiger charge is 2.30. The van der Waals surface area contributed by atoms with Gasteiger partial charge in [0, 0.05) is 12.6 Å². The summed E-state index contributed by atoms with van der Waals surface area (Å²) in [5, 5.41) is 13.6. The summed E-state index contributed by atoms with van der Waals surface area (Å²) in [5.74, 6) is 1.29. The molecule has 0 amide bonds. The number of nitrogens with two attached hydrogens (primary N) is 1. The van der Waals surface area contributed by atoms with Crippen molar-refractivity contribution >= 4 is 11.5 Å².